The van der Waals surface area contributed by atoms with E-state index in [1.807, 2.05) is 22.6 Å². The van der Waals surface area contributed by atoms with Crippen molar-refractivity contribution >= 4 is 28.4 Å². The van der Waals surface area contributed by atoms with Crippen LogP contribution in [0.3, 0.4) is 0 Å². The predicted molar refractivity (Wildman–Crippen MR) is 80.3 cm³/mol. The Kier molecular flexibility index (Phi) is 4.10. The minimum Gasteiger partial charge on any atom is -0.378 e. The smallest absolute Gasteiger partial charge is 0.167 e. The number of carbonyl (C=O) groups is 1. The molecule has 0 N–H and O–H groups in total. The van der Waals surface area contributed by atoms with Gasteiger partial charge in [0.15, 0.2) is 5.78 Å². The second kappa shape index (κ2) is 5.69. The van der Waals surface area contributed by atoms with Gasteiger partial charge in [-0.15, -0.1) is 0 Å². The van der Waals surface area contributed by atoms with Crippen LogP contribution in [-0.4, -0.2) is 31.2 Å². The maximum atomic E-state index is 13.1. The van der Waals surface area contributed by atoms with Crippen LogP contribution in [0.2, 0.25) is 0 Å². The maximum Gasteiger partial charge on any atom is 0.167 e. The standard InChI is InChI=1S/C15H16FIO3/c16-11-1-2-12(13(17)7-11)14(18)10-3-5-20-15(8-10)4-6-19-9-15/h1-2,7,10H,3-6,8-9H2. The van der Waals surface area contributed by atoms with Crippen molar-refractivity contribution in [2.75, 3.05) is 19.8 Å². The van der Waals surface area contributed by atoms with Crippen LogP contribution in [0.5, 0.6) is 0 Å². The Bertz CT molecular complexity index is 526. The zero-order chi connectivity index (χ0) is 14.2. The lowest BCUT2D eigenvalue weighted by molar-refractivity contribution is -0.0920. The number of rotatable bonds is 2. The second-order valence-corrected chi connectivity index (χ2v) is 6.67. The molecule has 2 saturated heterocycles. The second-order valence-electron chi connectivity index (χ2n) is 5.51. The van der Waals surface area contributed by atoms with Gasteiger partial charge in [0.2, 0.25) is 0 Å². The quantitative estimate of drug-likeness (QED) is 0.575. The lowest BCUT2D eigenvalue weighted by Crippen LogP contribution is -2.42. The fourth-order valence-electron chi connectivity index (χ4n) is 3.02. The monoisotopic (exact) mass is 390 g/mol. The molecule has 0 aliphatic carbocycles. The van der Waals surface area contributed by atoms with Crippen molar-refractivity contribution in [2.45, 2.75) is 24.9 Å². The van der Waals surface area contributed by atoms with E-state index in [0.717, 1.165) is 12.8 Å². The number of hydrogen-bond acceptors (Lipinski definition) is 3. The summed E-state index contributed by atoms with van der Waals surface area (Å²) in [6.07, 6.45) is 2.30. The Morgan fingerprint density at radius 2 is 2.25 bits per heavy atom. The molecule has 1 aromatic rings. The summed E-state index contributed by atoms with van der Waals surface area (Å²) in [6, 6.07) is 4.34. The normalized spacial score (nSPS) is 29.8. The molecule has 1 spiro atoms. The lowest BCUT2D eigenvalue weighted by atomic mass is 9.81. The summed E-state index contributed by atoms with van der Waals surface area (Å²) in [7, 11) is 0. The van der Waals surface area contributed by atoms with E-state index >= 15 is 0 Å². The molecule has 0 saturated carbocycles. The average molecular weight is 390 g/mol. The third kappa shape index (κ3) is 2.76. The molecule has 2 heterocycles. The highest BCUT2D eigenvalue weighted by molar-refractivity contribution is 14.1. The highest BCUT2D eigenvalue weighted by Gasteiger charge is 2.43. The molecule has 2 aliphatic heterocycles. The maximum absolute atomic E-state index is 13.1. The summed E-state index contributed by atoms with van der Waals surface area (Å²) in [6.45, 7) is 1.88. The Balaban J connectivity index is 1.79. The van der Waals surface area contributed by atoms with Gasteiger partial charge >= 0.3 is 0 Å². The van der Waals surface area contributed by atoms with Crippen molar-refractivity contribution in [3.8, 4) is 0 Å². The fourth-order valence-corrected chi connectivity index (χ4v) is 3.77. The SMILES string of the molecule is O=C(c1ccc(F)cc1I)C1CCOC2(CCOC2)C1. The molecule has 2 aliphatic rings. The van der Waals surface area contributed by atoms with Gasteiger partial charge < -0.3 is 9.47 Å². The number of halogens is 2. The Morgan fingerprint density at radius 3 is 2.95 bits per heavy atom. The van der Waals surface area contributed by atoms with Crippen LogP contribution in [-0.2, 0) is 9.47 Å². The van der Waals surface area contributed by atoms with Crippen molar-refractivity contribution in [3.05, 3.63) is 33.1 Å². The van der Waals surface area contributed by atoms with Crippen molar-refractivity contribution < 1.29 is 18.7 Å². The topological polar surface area (TPSA) is 35.5 Å². The number of ketones is 1. The highest BCUT2D eigenvalue weighted by Crippen LogP contribution is 2.37. The van der Waals surface area contributed by atoms with E-state index in [1.54, 1.807) is 6.07 Å². The highest BCUT2D eigenvalue weighted by atomic mass is 127. The third-order valence-electron chi connectivity index (χ3n) is 4.13. The summed E-state index contributed by atoms with van der Waals surface area (Å²) in [5, 5.41) is 0. The van der Waals surface area contributed by atoms with Gasteiger partial charge in [-0.2, -0.15) is 0 Å². The first-order valence-electron chi connectivity index (χ1n) is 6.81. The minimum absolute atomic E-state index is 0.0515. The largest absolute Gasteiger partial charge is 0.378 e. The molecule has 3 rings (SSSR count). The van der Waals surface area contributed by atoms with Crippen LogP contribution in [0, 0.1) is 15.3 Å². The van der Waals surface area contributed by atoms with Gasteiger partial charge in [0, 0.05) is 34.7 Å². The molecule has 0 amide bonds. The molecule has 2 unspecified atom stereocenters. The molecular formula is C15H16FIO3. The summed E-state index contributed by atoms with van der Waals surface area (Å²) in [5.41, 5.74) is 0.345. The average Bonchev–Trinajstić information content (AvgIpc) is 2.86. The van der Waals surface area contributed by atoms with Crippen molar-refractivity contribution in [1.29, 1.82) is 0 Å². The van der Waals surface area contributed by atoms with Gasteiger partial charge in [-0.05, 0) is 53.6 Å². The molecule has 2 atom stereocenters. The fraction of sp³-hybridized carbons (Fsp3) is 0.533. The van der Waals surface area contributed by atoms with E-state index in [-0.39, 0.29) is 23.1 Å². The number of ether oxygens (including phenoxy) is 2. The van der Waals surface area contributed by atoms with E-state index in [9.17, 15) is 9.18 Å². The zero-order valence-electron chi connectivity index (χ0n) is 11.0. The molecule has 0 bridgehead atoms. The Hall–Kier alpha value is -0.530. The molecule has 5 heteroatoms. The first-order chi connectivity index (χ1) is 9.60. The summed E-state index contributed by atoms with van der Waals surface area (Å²) in [5.74, 6) is -0.257. The molecule has 108 valence electrons. The number of benzene rings is 1. The third-order valence-corrected chi connectivity index (χ3v) is 5.02. The number of hydrogen-bond donors (Lipinski definition) is 0. The van der Waals surface area contributed by atoms with Gasteiger partial charge in [-0.3, -0.25) is 4.79 Å². The number of Topliss-reactive ketones (excluding diaryl/α,β-unsaturated/α-hetero) is 1. The molecule has 1 aromatic carbocycles. The van der Waals surface area contributed by atoms with Gasteiger partial charge in [-0.1, -0.05) is 0 Å². The molecule has 0 radical (unpaired) electrons. The molecule has 3 nitrogen and oxygen atoms in total. The van der Waals surface area contributed by atoms with E-state index in [4.69, 9.17) is 9.47 Å². The zero-order valence-corrected chi connectivity index (χ0v) is 13.2. The van der Waals surface area contributed by atoms with E-state index in [2.05, 4.69) is 0 Å². The number of carbonyl (C=O) groups excluding carboxylic acids is 1. The van der Waals surface area contributed by atoms with E-state index < -0.39 is 0 Å². The van der Waals surface area contributed by atoms with Crippen molar-refractivity contribution in [2.24, 2.45) is 5.92 Å². The van der Waals surface area contributed by atoms with E-state index in [0.29, 0.717) is 35.4 Å². The Morgan fingerprint density at radius 1 is 1.40 bits per heavy atom. The molecule has 20 heavy (non-hydrogen) atoms. The van der Waals surface area contributed by atoms with Crippen LogP contribution in [0.4, 0.5) is 4.39 Å². The van der Waals surface area contributed by atoms with Gasteiger partial charge in [0.1, 0.15) is 5.82 Å². The predicted octanol–water partition coefficient (Wildman–Crippen LogP) is 3.20. The molecular weight excluding hydrogens is 374 g/mol. The first kappa shape index (κ1) is 14.4. The van der Waals surface area contributed by atoms with Crippen LogP contribution in [0.15, 0.2) is 18.2 Å². The minimum atomic E-state index is -0.307. The molecule has 2 fully saturated rings. The van der Waals surface area contributed by atoms with Crippen molar-refractivity contribution in [1.82, 2.24) is 0 Å². The summed E-state index contributed by atoms with van der Waals surface area (Å²) >= 11 is 2.02. The lowest BCUT2D eigenvalue weighted by Gasteiger charge is -2.36. The van der Waals surface area contributed by atoms with E-state index in [1.165, 1.54) is 12.1 Å². The van der Waals surface area contributed by atoms with Gasteiger partial charge in [0.25, 0.3) is 0 Å². The summed E-state index contributed by atoms with van der Waals surface area (Å²) in [4.78, 5) is 12.6. The van der Waals surface area contributed by atoms with Crippen LogP contribution >= 0.6 is 22.6 Å². The van der Waals surface area contributed by atoms with Crippen LogP contribution in [0.25, 0.3) is 0 Å². The first-order valence-corrected chi connectivity index (χ1v) is 7.88. The Labute approximate surface area is 131 Å². The van der Waals surface area contributed by atoms with Gasteiger partial charge in [0.05, 0.1) is 12.2 Å². The van der Waals surface area contributed by atoms with Crippen LogP contribution in [0.1, 0.15) is 29.6 Å². The van der Waals surface area contributed by atoms with Crippen LogP contribution < -0.4 is 0 Å². The summed E-state index contributed by atoms with van der Waals surface area (Å²) < 4.78 is 25.1. The van der Waals surface area contributed by atoms with Gasteiger partial charge in [-0.25, -0.2) is 4.39 Å². The molecule has 0 aromatic heterocycles. The van der Waals surface area contributed by atoms with Crippen molar-refractivity contribution in [3.63, 3.8) is 0 Å².